The first-order valence-corrected chi connectivity index (χ1v) is 8.81. The van der Waals surface area contributed by atoms with Crippen molar-refractivity contribution in [2.45, 2.75) is 51.5 Å². The van der Waals surface area contributed by atoms with Gasteiger partial charge in [-0.1, -0.05) is 12.8 Å². The molecule has 24 heavy (non-hydrogen) atoms. The van der Waals surface area contributed by atoms with Crippen molar-refractivity contribution in [3.63, 3.8) is 0 Å². The van der Waals surface area contributed by atoms with Crippen LogP contribution in [-0.2, 0) is 14.3 Å². The molecule has 1 saturated heterocycles. The molecule has 6 nitrogen and oxygen atoms in total. The van der Waals surface area contributed by atoms with Gasteiger partial charge in [0.2, 0.25) is 11.8 Å². The van der Waals surface area contributed by atoms with Gasteiger partial charge in [-0.3, -0.25) is 9.59 Å². The third kappa shape index (κ3) is 5.90. The lowest BCUT2D eigenvalue weighted by molar-refractivity contribution is -0.130. The number of hydrogen-bond acceptors (Lipinski definition) is 4. The van der Waals surface area contributed by atoms with E-state index in [2.05, 4.69) is 16.0 Å². The zero-order chi connectivity index (χ0) is 16.7. The van der Waals surface area contributed by atoms with E-state index in [9.17, 15) is 9.59 Å². The summed E-state index contributed by atoms with van der Waals surface area (Å²) in [7, 11) is 1.71. The number of piperidine rings is 1. The maximum Gasteiger partial charge on any atom is 0.242 e. The number of carbonyl (C=O) groups excluding carboxylic acids is 2. The number of carbonyl (C=O) groups is 2. The summed E-state index contributed by atoms with van der Waals surface area (Å²) in [4.78, 5) is 24.1. The van der Waals surface area contributed by atoms with Crippen molar-refractivity contribution in [1.82, 2.24) is 16.0 Å². The molecule has 2 rings (SSSR count). The normalized spacial score (nSPS) is 21.6. The van der Waals surface area contributed by atoms with Crippen LogP contribution < -0.4 is 16.0 Å². The number of ether oxygens (including phenoxy) is 1. The van der Waals surface area contributed by atoms with E-state index in [1.54, 1.807) is 7.11 Å². The molecule has 1 aliphatic carbocycles. The van der Waals surface area contributed by atoms with Crippen molar-refractivity contribution in [2.24, 2.45) is 11.3 Å². The van der Waals surface area contributed by atoms with E-state index in [-0.39, 0.29) is 35.6 Å². The Morgan fingerprint density at radius 1 is 1.25 bits per heavy atom. The summed E-state index contributed by atoms with van der Waals surface area (Å²) in [5.74, 6) is 0.0944. The molecule has 1 saturated carbocycles. The van der Waals surface area contributed by atoms with Crippen LogP contribution in [0.1, 0.15) is 45.4 Å². The molecular weight excluding hydrogens is 330 g/mol. The Hall–Kier alpha value is -0.850. The lowest BCUT2D eigenvalue weighted by Gasteiger charge is -2.37. The predicted molar refractivity (Wildman–Crippen MR) is 96.2 cm³/mol. The predicted octanol–water partition coefficient (Wildman–Crippen LogP) is 1.24. The highest BCUT2D eigenvalue weighted by atomic mass is 35.5. The average molecular weight is 362 g/mol. The van der Waals surface area contributed by atoms with Crippen LogP contribution in [0, 0.1) is 11.3 Å². The molecule has 2 amide bonds. The molecule has 0 bridgehead atoms. The molecule has 0 aromatic carbocycles. The van der Waals surface area contributed by atoms with Crippen LogP contribution in [0.15, 0.2) is 0 Å². The largest absolute Gasteiger partial charge is 0.384 e. The van der Waals surface area contributed by atoms with Gasteiger partial charge in [-0.2, -0.15) is 0 Å². The first-order valence-electron chi connectivity index (χ1n) is 8.81. The Kier molecular flexibility index (Phi) is 9.02. The topological polar surface area (TPSA) is 79.5 Å². The highest BCUT2D eigenvalue weighted by Crippen LogP contribution is 2.30. The molecule has 1 aliphatic heterocycles. The Morgan fingerprint density at radius 3 is 2.42 bits per heavy atom. The average Bonchev–Trinajstić information content (AvgIpc) is 3.05. The second-order valence-corrected chi connectivity index (χ2v) is 7.12. The fourth-order valence-electron chi connectivity index (χ4n) is 3.93. The minimum Gasteiger partial charge on any atom is -0.384 e. The Labute approximate surface area is 151 Å². The molecule has 2 fully saturated rings. The van der Waals surface area contributed by atoms with Gasteiger partial charge in [-0.15, -0.1) is 12.4 Å². The Balaban J connectivity index is 0.00000288. The zero-order valence-electron chi connectivity index (χ0n) is 14.9. The van der Waals surface area contributed by atoms with Gasteiger partial charge in [0.1, 0.15) is 6.04 Å². The SMILES string of the molecule is COCC1(CNC(=O)C(NC(C)=O)C2CCCC2)CCNCC1.Cl. The van der Waals surface area contributed by atoms with Crippen molar-refractivity contribution >= 4 is 24.2 Å². The zero-order valence-corrected chi connectivity index (χ0v) is 15.7. The van der Waals surface area contributed by atoms with Crippen LogP contribution in [0.4, 0.5) is 0 Å². The van der Waals surface area contributed by atoms with E-state index >= 15 is 0 Å². The number of methoxy groups -OCH3 is 1. The molecule has 0 aromatic rings. The molecule has 2 aliphatic rings. The van der Waals surface area contributed by atoms with Crippen molar-refractivity contribution < 1.29 is 14.3 Å². The number of hydrogen-bond donors (Lipinski definition) is 3. The number of amides is 2. The third-order valence-corrected chi connectivity index (χ3v) is 5.26. The molecule has 3 N–H and O–H groups in total. The van der Waals surface area contributed by atoms with E-state index in [0.717, 1.165) is 51.6 Å². The summed E-state index contributed by atoms with van der Waals surface area (Å²) in [5, 5.41) is 9.31. The quantitative estimate of drug-likeness (QED) is 0.637. The van der Waals surface area contributed by atoms with Gasteiger partial charge in [-0.25, -0.2) is 0 Å². The van der Waals surface area contributed by atoms with E-state index in [1.807, 2.05) is 0 Å². The van der Waals surface area contributed by atoms with Gasteiger partial charge in [0.15, 0.2) is 0 Å². The van der Waals surface area contributed by atoms with E-state index < -0.39 is 6.04 Å². The van der Waals surface area contributed by atoms with Crippen LogP contribution in [0.3, 0.4) is 0 Å². The summed E-state index contributed by atoms with van der Waals surface area (Å²) in [5.41, 5.74) is 0.00606. The van der Waals surface area contributed by atoms with Crippen LogP contribution >= 0.6 is 12.4 Å². The van der Waals surface area contributed by atoms with Crippen LogP contribution in [0.25, 0.3) is 0 Å². The summed E-state index contributed by atoms with van der Waals surface area (Å²) < 4.78 is 5.39. The standard InChI is InChI=1S/C17H31N3O3.ClH/c1-13(21)20-15(14-5-3-4-6-14)16(22)19-11-17(12-23-2)7-9-18-10-8-17;/h14-15,18H,3-12H2,1-2H3,(H,19,22)(H,20,21);1H. The molecule has 1 unspecified atom stereocenters. The highest BCUT2D eigenvalue weighted by Gasteiger charge is 2.35. The van der Waals surface area contributed by atoms with Gasteiger partial charge < -0.3 is 20.7 Å². The van der Waals surface area contributed by atoms with Crippen molar-refractivity contribution in [3.05, 3.63) is 0 Å². The maximum atomic E-state index is 12.7. The summed E-state index contributed by atoms with van der Waals surface area (Å²) in [6.45, 7) is 4.66. The van der Waals surface area contributed by atoms with Crippen molar-refractivity contribution in [2.75, 3.05) is 33.4 Å². The molecule has 1 heterocycles. The molecule has 1 atom stereocenters. The molecule has 0 radical (unpaired) electrons. The van der Waals surface area contributed by atoms with Crippen LogP contribution in [-0.4, -0.2) is 51.2 Å². The van der Waals surface area contributed by atoms with Gasteiger partial charge in [0.05, 0.1) is 6.61 Å². The van der Waals surface area contributed by atoms with Crippen molar-refractivity contribution in [1.29, 1.82) is 0 Å². The van der Waals surface area contributed by atoms with Gasteiger partial charge in [0.25, 0.3) is 0 Å². The first kappa shape index (κ1) is 21.2. The van der Waals surface area contributed by atoms with Gasteiger partial charge in [0, 0.05) is 26.0 Å². The lowest BCUT2D eigenvalue weighted by Crippen LogP contribution is -2.53. The first-order chi connectivity index (χ1) is 11.1. The highest BCUT2D eigenvalue weighted by molar-refractivity contribution is 5.87. The second-order valence-electron chi connectivity index (χ2n) is 7.12. The van der Waals surface area contributed by atoms with Gasteiger partial charge >= 0.3 is 0 Å². The smallest absolute Gasteiger partial charge is 0.242 e. The lowest BCUT2D eigenvalue weighted by atomic mass is 9.79. The maximum absolute atomic E-state index is 12.7. The molecule has 0 aromatic heterocycles. The minimum atomic E-state index is -0.392. The molecule has 140 valence electrons. The van der Waals surface area contributed by atoms with Crippen molar-refractivity contribution in [3.8, 4) is 0 Å². The summed E-state index contributed by atoms with van der Waals surface area (Å²) >= 11 is 0. The molecular formula is C17H32ClN3O3. The minimum absolute atomic E-state index is 0. The number of rotatable bonds is 7. The number of halogens is 1. The number of nitrogens with one attached hydrogen (secondary N) is 3. The monoisotopic (exact) mass is 361 g/mol. The molecule has 7 heteroatoms. The van der Waals surface area contributed by atoms with E-state index in [0.29, 0.717) is 13.2 Å². The van der Waals surface area contributed by atoms with Crippen LogP contribution in [0.2, 0.25) is 0 Å². The Bertz CT molecular complexity index is 402. The summed E-state index contributed by atoms with van der Waals surface area (Å²) in [6.07, 6.45) is 6.32. The van der Waals surface area contributed by atoms with E-state index in [4.69, 9.17) is 4.74 Å². The fourth-order valence-corrected chi connectivity index (χ4v) is 3.93. The van der Waals surface area contributed by atoms with Gasteiger partial charge in [-0.05, 0) is 44.7 Å². The summed E-state index contributed by atoms with van der Waals surface area (Å²) in [6, 6.07) is -0.392. The molecule has 0 spiro atoms. The van der Waals surface area contributed by atoms with Crippen LogP contribution in [0.5, 0.6) is 0 Å². The second kappa shape index (κ2) is 10.2. The third-order valence-electron chi connectivity index (χ3n) is 5.26. The Morgan fingerprint density at radius 2 is 1.88 bits per heavy atom. The van der Waals surface area contributed by atoms with E-state index in [1.165, 1.54) is 6.92 Å². The fraction of sp³-hybridized carbons (Fsp3) is 0.882.